The maximum Gasteiger partial charge on any atom is 0.120 e. The van der Waals surface area contributed by atoms with Crippen LogP contribution in [-0.4, -0.2) is 25.3 Å². The minimum absolute atomic E-state index is 0.202. The van der Waals surface area contributed by atoms with E-state index in [0.717, 1.165) is 24.1 Å². The Hall–Kier alpha value is -1.22. The van der Waals surface area contributed by atoms with Crippen molar-refractivity contribution in [1.82, 2.24) is 5.32 Å². The first-order chi connectivity index (χ1) is 8.28. The molecule has 0 aliphatic heterocycles. The number of hydrogen-bond acceptors (Lipinski definition) is 3. The second kappa shape index (κ2) is 5.92. The van der Waals surface area contributed by atoms with Crippen molar-refractivity contribution >= 4 is 0 Å². The highest BCUT2D eigenvalue weighted by Gasteiger charge is 2.21. The third-order valence-electron chi connectivity index (χ3n) is 2.74. The molecule has 1 fully saturated rings. The highest BCUT2D eigenvalue weighted by atomic mass is 16.5. The molecule has 1 atom stereocenters. The van der Waals surface area contributed by atoms with Gasteiger partial charge in [-0.1, -0.05) is 0 Å². The summed E-state index contributed by atoms with van der Waals surface area (Å²) in [5.74, 6) is 1.79. The molecule has 1 saturated carbocycles. The maximum atomic E-state index is 5.81. The molecular formula is C14H21NO2. The lowest BCUT2D eigenvalue weighted by molar-refractivity contribution is 0.216. The van der Waals surface area contributed by atoms with Gasteiger partial charge in [0.25, 0.3) is 0 Å². The Balaban J connectivity index is 1.76. The molecule has 0 saturated heterocycles. The monoisotopic (exact) mass is 235 g/mol. The number of hydrogen-bond donors (Lipinski definition) is 1. The molecule has 1 aliphatic rings. The van der Waals surface area contributed by atoms with Gasteiger partial charge in [0.1, 0.15) is 17.6 Å². The first-order valence-electron chi connectivity index (χ1n) is 6.41. The van der Waals surface area contributed by atoms with Gasteiger partial charge in [-0.15, -0.1) is 0 Å². The number of benzene rings is 1. The van der Waals surface area contributed by atoms with Crippen LogP contribution in [0, 0.1) is 0 Å². The van der Waals surface area contributed by atoms with Crippen LogP contribution in [0.4, 0.5) is 0 Å². The lowest BCUT2D eigenvalue weighted by Gasteiger charge is -2.15. The lowest BCUT2D eigenvalue weighted by atomic mass is 10.3. The van der Waals surface area contributed by atoms with Gasteiger partial charge in [0.2, 0.25) is 0 Å². The molecule has 0 amide bonds. The standard InChI is InChI=1S/C14H21NO2/c1-3-16-13-6-8-14(9-7-13)17-11(2)10-15-12-4-5-12/h6-9,11-12,15H,3-5,10H2,1-2H3. The molecular weight excluding hydrogens is 214 g/mol. The van der Waals surface area contributed by atoms with E-state index in [2.05, 4.69) is 12.2 Å². The fraction of sp³-hybridized carbons (Fsp3) is 0.571. The fourth-order valence-corrected chi connectivity index (χ4v) is 1.68. The summed E-state index contributed by atoms with van der Waals surface area (Å²) in [5.41, 5.74) is 0. The van der Waals surface area contributed by atoms with E-state index in [1.54, 1.807) is 0 Å². The van der Waals surface area contributed by atoms with Crippen LogP contribution in [-0.2, 0) is 0 Å². The van der Waals surface area contributed by atoms with Crippen LogP contribution < -0.4 is 14.8 Å². The second-order valence-corrected chi connectivity index (χ2v) is 4.52. The van der Waals surface area contributed by atoms with E-state index >= 15 is 0 Å². The molecule has 3 nitrogen and oxygen atoms in total. The average Bonchev–Trinajstić information content (AvgIpc) is 3.13. The fourth-order valence-electron chi connectivity index (χ4n) is 1.68. The highest BCUT2D eigenvalue weighted by Crippen LogP contribution is 2.20. The van der Waals surface area contributed by atoms with E-state index in [-0.39, 0.29) is 6.10 Å². The Morgan fingerprint density at radius 1 is 1.24 bits per heavy atom. The average molecular weight is 235 g/mol. The normalized spacial score (nSPS) is 16.6. The number of nitrogens with one attached hydrogen (secondary N) is 1. The van der Waals surface area contributed by atoms with Crippen molar-refractivity contribution in [2.75, 3.05) is 13.2 Å². The Bertz CT molecular complexity index is 333. The SMILES string of the molecule is CCOc1ccc(OC(C)CNC2CC2)cc1. The van der Waals surface area contributed by atoms with Crippen LogP contribution in [0.25, 0.3) is 0 Å². The molecule has 0 spiro atoms. The molecule has 0 heterocycles. The zero-order valence-corrected chi connectivity index (χ0v) is 10.6. The van der Waals surface area contributed by atoms with Crippen molar-refractivity contribution < 1.29 is 9.47 Å². The van der Waals surface area contributed by atoms with Crippen molar-refractivity contribution in [3.05, 3.63) is 24.3 Å². The molecule has 2 rings (SSSR count). The maximum absolute atomic E-state index is 5.81. The molecule has 17 heavy (non-hydrogen) atoms. The summed E-state index contributed by atoms with van der Waals surface area (Å²) in [6.07, 6.45) is 2.83. The minimum atomic E-state index is 0.202. The predicted molar refractivity (Wildman–Crippen MR) is 68.7 cm³/mol. The first-order valence-corrected chi connectivity index (χ1v) is 6.41. The Morgan fingerprint density at radius 2 is 1.88 bits per heavy atom. The van der Waals surface area contributed by atoms with Gasteiger partial charge in [-0.3, -0.25) is 0 Å². The van der Waals surface area contributed by atoms with Gasteiger partial charge in [-0.05, 0) is 51.0 Å². The molecule has 0 radical (unpaired) electrons. The van der Waals surface area contributed by atoms with Crippen molar-refractivity contribution in [1.29, 1.82) is 0 Å². The Morgan fingerprint density at radius 3 is 2.47 bits per heavy atom. The molecule has 1 unspecified atom stereocenters. The third kappa shape index (κ3) is 4.27. The van der Waals surface area contributed by atoms with Crippen LogP contribution in [0.5, 0.6) is 11.5 Å². The molecule has 3 heteroatoms. The topological polar surface area (TPSA) is 30.5 Å². The van der Waals surface area contributed by atoms with Gasteiger partial charge in [0, 0.05) is 12.6 Å². The van der Waals surface area contributed by atoms with Gasteiger partial charge in [0.05, 0.1) is 6.61 Å². The molecule has 94 valence electrons. The van der Waals surface area contributed by atoms with E-state index in [1.165, 1.54) is 12.8 Å². The zero-order chi connectivity index (χ0) is 12.1. The van der Waals surface area contributed by atoms with Crippen LogP contribution >= 0.6 is 0 Å². The van der Waals surface area contributed by atoms with Crippen LogP contribution in [0.1, 0.15) is 26.7 Å². The van der Waals surface area contributed by atoms with Gasteiger partial charge in [-0.2, -0.15) is 0 Å². The molecule has 1 aliphatic carbocycles. The zero-order valence-electron chi connectivity index (χ0n) is 10.6. The Kier molecular flexibility index (Phi) is 4.26. The quantitative estimate of drug-likeness (QED) is 0.788. The third-order valence-corrected chi connectivity index (χ3v) is 2.74. The van der Waals surface area contributed by atoms with Gasteiger partial charge < -0.3 is 14.8 Å². The van der Waals surface area contributed by atoms with E-state index in [1.807, 2.05) is 31.2 Å². The van der Waals surface area contributed by atoms with Gasteiger partial charge in [0.15, 0.2) is 0 Å². The highest BCUT2D eigenvalue weighted by molar-refractivity contribution is 5.31. The van der Waals surface area contributed by atoms with E-state index in [9.17, 15) is 0 Å². The van der Waals surface area contributed by atoms with Crippen LogP contribution in [0.15, 0.2) is 24.3 Å². The van der Waals surface area contributed by atoms with Gasteiger partial charge >= 0.3 is 0 Å². The first kappa shape index (κ1) is 12.2. The van der Waals surface area contributed by atoms with Crippen molar-refractivity contribution in [3.8, 4) is 11.5 Å². The summed E-state index contributed by atoms with van der Waals surface area (Å²) in [5, 5.41) is 3.46. The smallest absolute Gasteiger partial charge is 0.120 e. The number of rotatable bonds is 7. The molecule has 0 aromatic heterocycles. The Labute approximate surface area is 103 Å². The van der Waals surface area contributed by atoms with E-state index in [4.69, 9.17) is 9.47 Å². The van der Waals surface area contributed by atoms with Crippen molar-refractivity contribution in [2.24, 2.45) is 0 Å². The summed E-state index contributed by atoms with van der Waals surface area (Å²) in [4.78, 5) is 0. The summed E-state index contributed by atoms with van der Waals surface area (Å²) in [6.45, 7) is 5.68. The van der Waals surface area contributed by atoms with Crippen LogP contribution in [0.2, 0.25) is 0 Å². The largest absolute Gasteiger partial charge is 0.494 e. The second-order valence-electron chi connectivity index (χ2n) is 4.52. The summed E-state index contributed by atoms with van der Waals surface area (Å²) in [7, 11) is 0. The summed E-state index contributed by atoms with van der Waals surface area (Å²) >= 11 is 0. The molecule has 0 bridgehead atoms. The molecule has 1 aromatic rings. The molecule has 1 N–H and O–H groups in total. The van der Waals surface area contributed by atoms with Crippen LogP contribution in [0.3, 0.4) is 0 Å². The molecule has 1 aromatic carbocycles. The summed E-state index contributed by atoms with van der Waals surface area (Å²) < 4.78 is 11.2. The van der Waals surface area contributed by atoms with Gasteiger partial charge in [-0.25, -0.2) is 0 Å². The van der Waals surface area contributed by atoms with Crippen molar-refractivity contribution in [3.63, 3.8) is 0 Å². The summed E-state index contributed by atoms with van der Waals surface area (Å²) in [6, 6.07) is 8.54. The number of ether oxygens (including phenoxy) is 2. The predicted octanol–water partition coefficient (Wildman–Crippen LogP) is 2.60. The van der Waals surface area contributed by atoms with Crippen molar-refractivity contribution in [2.45, 2.75) is 38.8 Å². The van der Waals surface area contributed by atoms with E-state index in [0.29, 0.717) is 6.61 Å². The minimum Gasteiger partial charge on any atom is -0.494 e. The lowest BCUT2D eigenvalue weighted by Crippen LogP contribution is -2.30. The van der Waals surface area contributed by atoms with E-state index < -0.39 is 0 Å².